The molecular weight excluding hydrogens is 323 g/mol. The number of hydrogen-bond acceptors (Lipinski definition) is 3. The van der Waals surface area contributed by atoms with Crippen molar-refractivity contribution in [3.8, 4) is 0 Å². The Labute approximate surface area is 138 Å². The number of benzene rings is 1. The van der Waals surface area contributed by atoms with E-state index in [4.69, 9.17) is 5.73 Å². The van der Waals surface area contributed by atoms with E-state index >= 15 is 0 Å². The maximum atomic E-state index is 12.5. The molecule has 0 aromatic heterocycles. The number of amides is 2. The smallest absolute Gasteiger partial charge is 0.369 e. The second kappa shape index (κ2) is 7.21. The Morgan fingerprint density at radius 2 is 1.75 bits per heavy atom. The molecule has 1 aromatic carbocycles. The van der Waals surface area contributed by atoms with E-state index in [9.17, 15) is 22.8 Å². The number of anilines is 1. The first-order valence-electron chi connectivity index (χ1n) is 7.70. The molecule has 1 aliphatic heterocycles. The van der Waals surface area contributed by atoms with Crippen LogP contribution in [0.15, 0.2) is 24.3 Å². The molecule has 3 N–H and O–H groups in total. The van der Waals surface area contributed by atoms with Gasteiger partial charge in [-0.2, -0.15) is 13.2 Å². The molecule has 0 saturated carbocycles. The van der Waals surface area contributed by atoms with Gasteiger partial charge in [-0.3, -0.25) is 14.5 Å². The molecule has 0 bridgehead atoms. The monoisotopic (exact) mass is 343 g/mol. The van der Waals surface area contributed by atoms with Crippen LogP contribution in [-0.4, -0.2) is 35.8 Å². The van der Waals surface area contributed by atoms with E-state index in [-0.39, 0.29) is 17.7 Å². The van der Waals surface area contributed by atoms with Gasteiger partial charge in [-0.15, -0.1) is 0 Å². The molecule has 2 rings (SSSR count). The van der Waals surface area contributed by atoms with Gasteiger partial charge in [-0.1, -0.05) is 0 Å². The van der Waals surface area contributed by atoms with Crippen LogP contribution in [0, 0.1) is 5.92 Å². The van der Waals surface area contributed by atoms with Crippen molar-refractivity contribution in [2.24, 2.45) is 11.7 Å². The molecule has 1 atom stereocenters. The van der Waals surface area contributed by atoms with Crippen molar-refractivity contribution in [2.45, 2.75) is 32.0 Å². The second-order valence-electron chi connectivity index (χ2n) is 5.95. The summed E-state index contributed by atoms with van der Waals surface area (Å²) in [6.45, 7) is 2.88. The van der Waals surface area contributed by atoms with Gasteiger partial charge in [0.15, 0.2) is 0 Å². The zero-order valence-electron chi connectivity index (χ0n) is 13.3. The van der Waals surface area contributed by atoms with E-state index in [0.29, 0.717) is 31.6 Å². The molecule has 0 spiro atoms. The highest BCUT2D eigenvalue weighted by molar-refractivity contribution is 5.94. The zero-order chi connectivity index (χ0) is 17.9. The number of piperidine rings is 1. The number of nitrogens with zero attached hydrogens (tertiary/aromatic N) is 1. The molecule has 0 aliphatic carbocycles. The third kappa shape index (κ3) is 4.47. The van der Waals surface area contributed by atoms with E-state index in [1.54, 1.807) is 6.92 Å². The first-order chi connectivity index (χ1) is 11.2. The standard InChI is InChI=1S/C16H20F3N3O2/c1-10(22-8-6-11(7-9-22)14(20)23)15(24)21-13-4-2-12(3-5-13)16(17,18)19/h2-5,10-11H,6-9H2,1H3,(H2,20,23)(H,21,24)/t10-/m0/s1. The van der Waals surface area contributed by atoms with Crippen molar-refractivity contribution in [2.75, 3.05) is 18.4 Å². The molecule has 8 heteroatoms. The maximum Gasteiger partial charge on any atom is 0.416 e. The van der Waals surface area contributed by atoms with Crippen LogP contribution in [0.1, 0.15) is 25.3 Å². The summed E-state index contributed by atoms with van der Waals surface area (Å²) in [5.74, 6) is -0.782. The van der Waals surface area contributed by atoms with Crippen LogP contribution in [0.5, 0.6) is 0 Å². The number of carbonyl (C=O) groups is 2. The van der Waals surface area contributed by atoms with E-state index in [1.165, 1.54) is 12.1 Å². The minimum absolute atomic E-state index is 0.161. The fraction of sp³-hybridized carbons (Fsp3) is 0.500. The van der Waals surface area contributed by atoms with Crippen LogP contribution in [0.4, 0.5) is 18.9 Å². The van der Waals surface area contributed by atoms with Gasteiger partial charge < -0.3 is 11.1 Å². The highest BCUT2D eigenvalue weighted by atomic mass is 19.4. The third-order valence-corrected chi connectivity index (χ3v) is 4.34. The zero-order valence-corrected chi connectivity index (χ0v) is 13.3. The number of nitrogens with one attached hydrogen (secondary N) is 1. The van der Waals surface area contributed by atoms with Gasteiger partial charge in [0.1, 0.15) is 0 Å². The van der Waals surface area contributed by atoms with Crippen LogP contribution >= 0.6 is 0 Å². The molecule has 0 unspecified atom stereocenters. The molecule has 5 nitrogen and oxygen atoms in total. The molecule has 1 saturated heterocycles. The Morgan fingerprint density at radius 1 is 1.21 bits per heavy atom. The summed E-state index contributed by atoms with van der Waals surface area (Å²) in [6, 6.07) is 3.87. The largest absolute Gasteiger partial charge is 0.416 e. The molecule has 1 aromatic rings. The Bertz CT molecular complexity index is 594. The lowest BCUT2D eigenvalue weighted by molar-refractivity contribution is -0.137. The number of nitrogens with two attached hydrogens (primary N) is 1. The van der Waals surface area contributed by atoms with Crippen LogP contribution < -0.4 is 11.1 Å². The molecule has 1 aliphatic rings. The number of alkyl halides is 3. The van der Waals surface area contributed by atoms with Crippen molar-refractivity contribution in [3.63, 3.8) is 0 Å². The second-order valence-corrected chi connectivity index (χ2v) is 5.95. The summed E-state index contributed by atoms with van der Waals surface area (Å²) in [5.41, 5.74) is 4.83. The lowest BCUT2D eigenvalue weighted by Crippen LogP contribution is -2.47. The van der Waals surface area contributed by atoms with Gasteiger partial charge in [0.25, 0.3) is 0 Å². The fourth-order valence-corrected chi connectivity index (χ4v) is 2.73. The summed E-state index contributed by atoms with van der Waals surface area (Å²) >= 11 is 0. The maximum absolute atomic E-state index is 12.5. The van der Waals surface area contributed by atoms with Crippen molar-refractivity contribution in [1.82, 2.24) is 4.90 Å². The Balaban J connectivity index is 1.91. The minimum Gasteiger partial charge on any atom is -0.369 e. The van der Waals surface area contributed by atoms with Crippen molar-refractivity contribution >= 4 is 17.5 Å². The highest BCUT2D eigenvalue weighted by Gasteiger charge is 2.31. The number of likely N-dealkylation sites (tertiary alicyclic amines) is 1. The summed E-state index contributed by atoms with van der Waals surface area (Å²) < 4.78 is 37.5. The van der Waals surface area contributed by atoms with E-state index in [1.807, 2.05) is 4.90 Å². The van der Waals surface area contributed by atoms with Crippen LogP contribution in [0.3, 0.4) is 0 Å². The molecule has 2 amide bonds. The molecule has 1 fully saturated rings. The van der Waals surface area contributed by atoms with Gasteiger partial charge >= 0.3 is 6.18 Å². The van der Waals surface area contributed by atoms with Crippen molar-refractivity contribution in [1.29, 1.82) is 0 Å². The average molecular weight is 343 g/mol. The molecule has 0 radical (unpaired) electrons. The normalized spacial score (nSPS) is 18.2. The third-order valence-electron chi connectivity index (χ3n) is 4.34. The predicted octanol–water partition coefficient (Wildman–Crippen LogP) is 2.23. The Morgan fingerprint density at radius 3 is 2.21 bits per heavy atom. The minimum atomic E-state index is -4.40. The van der Waals surface area contributed by atoms with Crippen LogP contribution in [0.2, 0.25) is 0 Å². The first kappa shape index (κ1) is 18.3. The number of hydrogen-bond donors (Lipinski definition) is 2. The number of rotatable bonds is 4. The van der Waals surface area contributed by atoms with Gasteiger partial charge in [0.05, 0.1) is 11.6 Å². The van der Waals surface area contributed by atoms with E-state index in [2.05, 4.69) is 5.32 Å². The number of carbonyl (C=O) groups excluding carboxylic acids is 2. The van der Waals surface area contributed by atoms with Crippen molar-refractivity contribution in [3.05, 3.63) is 29.8 Å². The lowest BCUT2D eigenvalue weighted by Gasteiger charge is -2.34. The molecular formula is C16H20F3N3O2. The average Bonchev–Trinajstić information content (AvgIpc) is 2.54. The van der Waals surface area contributed by atoms with Gasteiger partial charge in [-0.05, 0) is 57.1 Å². The first-order valence-corrected chi connectivity index (χ1v) is 7.70. The van der Waals surface area contributed by atoms with Gasteiger partial charge in [0, 0.05) is 11.6 Å². The molecule has 1 heterocycles. The van der Waals surface area contributed by atoms with Crippen molar-refractivity contribution < 1.29 is 22.8 Å². The highest BCUT2D eigenvalue weighted by Crippen LogP contribution is 2.29. The van der Waals surface area contributed by atoms with Crippen LogP contribution in [0.25, 0.3) is 0 Å². The lowest BCUT2D eigenvalue weighted by atomic mass is 9.95. The van der Waals surface area contributed by atoms with Gasteiger partial charge in [0.2, 0.25) is 11.8 Å². The Kier molecular flexibility index (Phi) is 5.48. The summed E-state index contributed by atoms with van der Waals surface area (Å²) in [7, 11) is 0. The molecule has 132 valence electrons. The predicted molar refractivity (Wildman–Crippen MR) is 83.0 cm³/mol. The van der Waals surface area contributed by atoms with Gasteiger partial charge in [-0.25, -0.2) is 0 Å². The summed E-state index contributed by atoms with van der Waals surface area (Å²) in [5, 5.41) is 2.61. The molecule has 24 heavy (non-hydrogen) atoms. The topological polar surface area (TPSA) is 75.4 Å². The SMILES string of the molecule is C[C@@H](C(=O)Nc1ccc(C(F)(F)F)cc1)N1CCC(C(N)=O)CC1. The number of halogens is 3. The fourth-order valence-electron chi connectivity index (χ4n) is 2.73. The van der Waals surface area contributed by atoms with E-state index < -0.39 is 17.8 Å². The summed E-state index contributed by atoms with van der Waals surface area (Å²) in [6.07, 6.45) is -3.19. The summed E-state index contributed by atoms with van der Waals surface area (Å²) in [4.78, 5) is 25.3. The number of primary amides is 1. The Hall–Kier alpha value is -2.09. The van der Waals surface area contributed by atoms with E-state index in [0.717, 1.165) is 12.1 Å². The van der Waals surface area contributed by atoms with Crippen LogP contribution in [-0.2, 0) is 15.8 Å². The quantitative estimate of drug-likeness (QED) is 0.880.